The van der Waals surface area contributed by atoms with Crippen molar-refractivity contribution in [2.45, 2.75) is 20.4 Å². The van der Waals surface area contributed by atoms with Crippen LogP contribution in [0.25, 0.3) is 0 Å². The molecule has 1 aromatic carbocycles. The van der Waals surface area contributed by atoms with E-state index in [4.69, 9.17) is 0 Å². The summed E-state index contributed by atoms with van der Waals surface area (Å²) in [4.78, 5) is 0. The molecule has 0 saturated heterocycles. The van der Waals surface area contributed by atoms with Crippen LogP contribution in [0.3, 0.4) is 0 Å². The second-order valence-electron chi connectivity index (χ2n) is 2.85. The molecule has 1 nitrogen and oxygen atoms in total. The van der Waals surface area contributed by atoms with Gasteiger partial charge in [0.25, 0.3) is 0 Å². The van der Waals surface area contributed by atoms with Crippen molar-refractivity contribution in [3.05, 3.63) is 33.8 Å². The smallest absolute Gasteiger partial charge is 0.0208 e. The fraction of sp³-hybridized carbons (Fsp3) is 0.400. The zero-order valence-electron chi connectivity index (χ0n) is 7.52. The number of nitrogens with one attached hydrogen (secondary N) is 1. The molecule has 66 valence electrons. The molecule has 0 amide bonds. The maximum absolute atomic E-state index is 3.44. The summed E-state index contributed by atoms with van der Waals surface area (Å²) < 4.78 is 1.15. The van der Waals surface area contributed by atoms with Gasteiger partial charge < -0.3 is 5.32 Å². The van der Waals surface area contributed by atoms with Gasteiger partial charge in [0.15, 0.2) is 0 Å². The molecule has 1 aromatic rings. The lowest BCUT2D eigenvalue weighted by molar-refractivity contribution is 0.723. The van der Waals surface area contributed by atoms with Gasteiger partial charge in [-0.3, -0.25) is 0 Å². The van der Waals surface area contributed by atoms with Crippen LogP contribution in [-0.4, -0.2) is 6.54 Å². The lowest BCUT2D eigenvalue weighted by Gasteiger charge is -2.05. The first kappa shape index (κ1) is 9.75. The van der Waals surface area contributed by atoms with E-state index in [-0.39, 0.29) is 0 Å². The number of aryl methyl sites for hydroxylation is 1. The second-order valence-corrected chi connectivity index (χ2v) is 3.77. The van der Waals surface area contributed by atoms with E-state index < -0.39 is 0 Å². The topological polar surface area (TPSA) is 12.0 Å². The number of halogens is 1. The van der Waals surface area contributed by atoms with Gasteiger partial charge in [0.2, 0.25) is 0 Å². The van der Waals surface area contributed by atoms with Crippen molar-refractivity contribution in [2.75, 3.05) is 6.54 Å². The number of benzene rings is 1. The average Bonchev–Trinajstić information content (AvgIpc) is 2.03. The van der Waals surface area contributed by atoms with Gasteiger partial charge in [-0.25, -0.2) is 0 Å². The highest BCUT2D eigenvalue weighted by Gasteiger charge is 1.96. The van der Waals surface area contributed by atoms with Crippen molar-refractivity contribution in [1.82, 2.24) is 5.32 Å². The molecule has 0 aromatic heterocycles. The third kappa shape index (κ3) is 2.61. The van der Waals surface area contributed by atoms with Gasteiger partial charge in [-0.1, -0.05) is 28.9 Å². The van der Waals surface area contributed by atoms with Crippen LogP contribution in [0.5, 0.6) is 0 Å². The van der Waals surface area contributed by atoms with Crippen molar-refractivity contribution in [2.24, 2.45) is 0 Å². The minimum absolute atomic E-state index is 0.968. The molecule has 0 aliphatic heterocycles. The normalized spacial score (nSPS) is 10.2. The Hall–Kier alpha value is -0.340. The molecular formula is C10H14BrN. The van der Waals surface area contributed by atoms with E-state index in [1.807, 2.05) is 0 Å². The fourth-order valence-corrected chi connectivity index (χ4v) is 1.59. The minimum atomic E-state index is 0.968. The van der Waals surface area contributed by atoms with Gasteiger partial charge >= 0.3 is 0 Å². The Morgan fingerprint density at radius 3 is 2.75 bits per heavy atom. The summed E-state index contributed by atoms with van der Waals surface area (Å²) >= 11 is 3.44. The van der Waals surface area contributed by atoms with Crippen LogP contribution in [0.2, 0.25) is 0 Å². The Morgan fingerprint density at radius 2 is 2.17 bits per heavy atom. The molecule has 0 radical (unpaired) electrons. The van der Waals surface area contributed by atoms with Crippen molar-refractivity contribution < 1.29 is 0 Å². The lowest BCUT2D eigenvalue weighted by atomic mass is 10.1. The van der Waals surface area contributed by atoms with E-state index in [1.165, 1.54) is 11.1 Å². The van der Waals surface area contributed by atoms with Crippen LogP contribution in [0.1, 0.15) is 18.1 Å². The maximum atomic E-state index is 3.44. The molecule has 0 spiro atoms. The first-order chi connectivity index (χ1) is 5.74. The average molecular weight is 228 g/mol. The van der Waals surface area contributed by atoms with Crippen LogP contribution in [0.4, 0.5) is 0 Å². The van der Waals surface area contributed by atoms with Crippen molar-refractivity contribution >= 4 is 15.9 Å². The molecule has 0 aliphatic rings. The molecule has 1 rings (SSSR count). The van der Waals surface area contributed by atoms with E-state index in [9.17, 15) is 0 Å². The highest BCUT2D eigenvalue weighted by atomic mass is 79.9. The molecule has 12 heavy (non-hydrogen) atoms. The Bertz CT molecular complexity index is 258. The maximum Gasteiger partial charge on any atom is 0.0208 e. The highest BCUT2D eigenvalue weighted by Crippen LogP contribution is 2.15. The van der Waals surface area contributed by atoms with Crippen LogP contribution in [0, 0.1) is 6.92 Å². The zero-order valence-corrected chi connectivity index (χ0v) is 9.11. The van der Waals surface area contributed by atoms with Gasteiger partial charge in [0, 0.05) is 11.0 Å². The largest absolute Gasteiger partial charge is 0.313 e. The molecule has 0 fully saturated rings. The molecule has 0 heterocycles. The van der Waals surface area contributed by atoms with E-state index >= 15 is 0 Å². The standard InChI is InChI=1S/C10H14BrN/c1-3-12-7-9-4-5-10(11)6-8(9)2/h4-6,12H,3,7H2,1-2H3. The quantitative estimate of drug-likeness (QED) is 0.838. The van der Waals surface area contributed by atoms with Crippen LogP contribution in [0.15, 0.2) is 22.7 Å². The highest BCUT2D eigenvalue weighted by molar-refractivity contribution is 9.10. The molecule has 0 atom stereocenters. The lowest BCUT2D eigenvalue weighted by Crippen LogP contribution is -2.12. The fourth-order valence-electron chi connectivity index (χ4n) is 1.12. The van der Waals surface area contributed by atoms with Crippen LogP contribution < -0.4 is 5.32 Å². The summed E-state index contributed by atoms with van der Waals surface area (Å²) in [6.45, 7) is 6.25. The van der Waals surface area contributed by atoms with Crippen molar-refractivity contribution in [3.63, 3.8) is 0 Å². The van der Waals surface area contributed by atoms with Gasteiger partial charge in [-0.2, -0.15) is 0 Å². The summed E-state index contributed by atoms with van der Waals surface area (Å²) in [6.07, 6.45) is 0. The predicted molar refractivity (Wildman–Crippen MR) is 56.3 cm³/mol. The first-order valence-electron chi connectivity index (χ1n) is 4.19. The summed E-state index contributed by atoms with van der Waals surface area (Å²) in [5, 5.41) is 3.31. The summed E-state index contributed by atoms with van der Waals surface area (Å²) in [5.41, 5.74) is 2.71. The molecule has 1 N–H and O–H groups in total. The van der Waals surface area contributed by atoms with E-state index in [2.05, 4.69) is 53.3 Å². The van der Waals surface area contributed by atoms with E-state index in [0.29, 0.717) is 0 Å². The minimum Gasteiger partial charge on any atom is -0.313 e. The van der Waals surface area contributed by atoms with E-state index in [0.717, 1.165) is 17.6 Å². The number of rotatable bonds is 3. The monoisotopic (exact) mass is 227 g/mol. The molecule has 0 aliphatic carbocycles. The van der Waals surface area contributed by atoms with Gasteiger partial charge in [-0.15, -0.1) is 0 Å². The molecule has 0 bridgehead atoms. The van der Waals surface area contributed by atoms with Crippen molar-refractivity contribution in [3.8, 4) is 0 Å². The molecular weight excluding hydrogens is 214 g/mol. The summed E-state index contributed by atoms with van der Waals surface area (Å²) in [6, 6.07) is 6.38. The van der Waals surface area contributed by atoms with Gasteiger partial charge in [0.05, 0.1) is 0 Å². The Kier molecular flexibility index (Phi) is 3.76. The van der Waals surface area contributed by atoms with Crippen molar-refractivity contribution in [1.29, 1.82) is 0 Å². The summed E-state index contributed by atoms with van der Waals surface area (Å²) in [5.74, 6) is 0. The van der Waals surface area contributed by atoms with Crippen LogP contribution >= 0.6 is 15.9 Å². The Labute approximate surface area is 82.3 Å². The van der Waals surface area contributed by atoms with Gasteiger partial charge in [-0.05, 0) is 36.7 Å². The Balaban J connectivity index is 2.72. The van der Waals surface area contributed by atoms with Crippen LogP contribution in [-0.2, 0) is 6.54 Å². The predicted octanol–water partition coefficient (Wildman–Crippen LogP) is 2.87. The first-order valence-corrected chi connectivity index (χ1v) is 4.99. The second kappa shape index (κ2) is 4.63. The molecule has 0 saturated carbocycles. The Morgan fingerprint density at radius 1 is 1.42 bits per heavy atom. The van der Waals surface area contributed by atoms with Gasteiger partial charge in [0.1, 0.15) is 0 Å². The summed E-state index contributed by atoms with van der Waals surface area (Å²) in [7, 11) is 0. The third-order valence-electron chi connectivity index (χ3n) is 1.87. The SMILES string of the molecule is CCNCc1ccc(Br)cc1C. The molecule has 2 heteroatoms. The third-order valence-corrected chi connectivity index (χ3v) is 2.36. The number of hydrogen-bond acceptors (Lipinski definition) is 1. The molecule has 0 unspecified atom stereocenters. The zero-order chi connectivity index (χ0) is 8.97. The number of hydrogen-bond donors (Lipinski definition) is 1. The van der Waals surface area contributed by atoms with E-state index in [1.54, 1.807) is 0 Å².